The van der Waals surface area contributed by atoms with Gasteiger partial charge in [0.2, 0.25) is 12.4 Å². The number of thiazole rings is 1. The molecule has 4 rings (SSSR count). The molecule has 36 heavy (non-hydrogen) atoms. The summed E-state index contributed by atoms with van der Waals surface area (Å²) in [5.74, 6) is -1.88. The Labute approximate surface area is 219 Å². The first kappa shape index (κ1) is 25.8. The number of carbonyl (C=O) groups excluding carboxylic acids is 3. The molecular weight excluding hydrogens is 526 g/mol. The zero-order chi connectivity index (χ0) is 26.0. The molecule has 2 atom stereocenters. The molecule has 2 amide bonds. The molecule has 0 unspecified atom stereocenters. The van der Waals surface area contributed by atoms with E-state index in [2.05, 4.69) is 15.5 Å². The summed E-state index contributed by atoms with van der Waals surface area (Å²) in [6.07, 6.45) is 3.80. The molecule has 0 radical (unpaired) electrons. The summed E-state index contributed by atoms with van der Waals surface area (Å²) in [4.78, 5) is 48.7. The molecule has 2 aromatic rings. The highest BCUT2D eigenvalue weighted by Crippen LogP contribution is 2.41. The Morgan fingerprint density at radius 1 is 1.42 bits per heavy atom. The Morgan fingerprint density at radius 2 is 2.14 bits per heavy atom. The fourth-order valence-electron chi connectivity index (χ4n) is 3.62. The highest BCUT2D eigenvalue weighted by molar-refractivity contribution is 8.01. The van der Waals surface area contributed by atoms with Crippen LogP contribution in [0.4, 0.5) is 5.13 Å². The van der Waals surface area contributed by atoms with Gasteiger partial charge in [-0.15, -0.1) is 34.9 Å². The number of carboxylic acid groups (broad SMARTS) is 1. The number of nitrogens with two attached hydrogens (primary N) is 1. The molecular formula is C21H23N7O5S3. The molecule has 0 saturated carbocycles. The van der Waals surface area contributed by atoms with Gasteiger partial charge in [0.05, 0.1) is 25.8 Å². The molecule has 0 spiro atoms. The summed E-state index contributed by atoms with van der Waals surface area (Å²) >= 11 is 3.97. The van der Waals surface area contributed by atoms with E-state index in [4.69, 9.17) is 10.6 Å². The number of carboxylic acids is 1. The van der Waals surface area contributed by atoms with Crippen molar-refractivity contribution in [1.29, 1.82) is 0 Å². The Kier molecular flexibility index (Phi) is 7.70. The Hall–Kier alpha value is -3.30. The van der Waals surface area contributed by atoms with Crippen molar-refractivity contribution in [2.24, 2.45) is 5.16 Å². The number of anilines is 1. The van der Waals surface area contributed by atoms with Gasteiger partial charge in [0.1, 0.15) is 24.2 Å². The summed E-state index contributed by atoms with van der Waals surface area (Å²) in [6, 6.07) is 2.93. The molecule has 2 aromatic heterocycles. The number of nitrogens with zero attached hydrogens (tertiary/aromatic N) is 5. The van der Waals surface area contributed by atoms with E-state index in [-0.39, 0.29) is 22.2 Å². The zero-order valence-corrected chi connectivity index (χ0v) is 22.0. The molecule has 0 aromatic carbocycles. The molecule has 2 aliphatic heterocycles. The molecule has 190 valence electrons. The van der Waals surface area contributed by atoms with Crippen LogP contribution in [0.25, 0.3) is 0 Å². The summed E-state index contributed by atoms with van der Waals surface area (Å²) in [5.41, 5.74) is 6.16. The lowest BCUT2D eigenvalue weighted by atomic mass is 10.0. The fraction of sp³-hybridized carbons (Fsp3) is 0.333. The topological polar surface area (TPSA) is 157 Å². The first-order chi connectivity index (χ1) is 17.2. The van der Waals surface area contributed by atoms with Crippen LogP contribution in [0.3, 0.4) is 0 Å². The third kappa shape index (κ3) is 5.12. The van der Waals surface area contributed by atoms with Gasteiger partial charge in [-0.2, -0.15) is 5.01 Å². The van der Waals surface area contributed by atoms with Crippen molar-refractivity contribution in [3.8, 4) is 0 Å². The number of thioether (sulfide) groups is 2. The summed E-state index contributed by atoms with van der Waals surface area (Å²) in [7, 11) is 5.11. The predicted molar refractivity (Wildman–Crippen MR) is 135 cm³/mol. The van der Waals surface area contributed by atoms with E-state index in [1.165, 1.54) is 35.5 Å². The van der Waals surface area contributed by atoms with Gasteiger partial charge >= 0.3 is 0 Å². The number of amides is 2. The van der Waals surface area contributed by atoms with Crippen molar-refractivity contribution in [3.63, 3.8) is 0 Å². The maximum atomic E-state index is 12.9. The molecule has 15 heteroatoms. The van der Waals surface area contributed by atoms with Gasteiger partial charge in [0.25, 0.3) is 11.8 Å². The summed E-state index contributed by atoms with van der Waals surface area (Å²) in [6.45, 7) is 0. The van der Waals surface area contributed by atoms with Crippen molar-refractivity contribution in [2.45, 2.75) is 16.3 Å². The predicted octanol–water partition coefficient (Wildman–Crippen LogP) is -1.24. The average Bonchev–Trinajstić information content (AvgIpc) is 3.29. The van der Waals surface area contributed by atoms with E-state index in [0.717, 1.165) is 16.2 Å². The lowest BCUT2D eigenvalue weighted by Gasteiger charge is -2.50. The van der Waals surface area contributed by atoms with E-state index >= 15 is 0 Å². The van der Waals surface area contributed by atoms with E-state index in [1.807, 2.05) is 48.3 Å². The second kappa shape index (κ2) is 10.8. The van der Waals surface area contributed by atoms with Crippen molar-refractivity contribution >= 4 is 63.5 Å². The summed E-state index contributed by atoms with van der Waals surface area (Å²) < 4.78 is 1.90. The van der Waals surface area contributed by atoms with Crippen LogP contribution in [0.15, 0.2) is 51.2 Å². The van der Waals surface area contributed by atoms with Crippen LogP contribution in [-0.4, -0.2) is 77.5 Å². The number of hydrogen-bond acceptors (Lipinski definition) is 12. The van der Waals surface area contributed by atoms with Gasteiger partial charge in [-0.05, 0) is 5.57 Å². The third-order valence-corrected chi connectivity index (χ3v) is 8.46. The first-order valence-electron chi connectivity index (χ1n) is 10.5. The van der Waals surface area contributed by atoms with Crippen LogP contribution in [0.2, 0.25) is 0 Å². The second-order valence-electron chi connectivity index (χ2n) is 7.84. The Morgan fingerprint density at radius 3 is 2.72 bits per heavy atom. The van der Waals surface area contributed by atoms with E-state index in [9.17, 15) is 19.5 Å². The first-order valence-corrected chi connectivity index (χ1v) is 13.5. The molecule has 1 saturated heterocycles. The number of rotatable bonds is 9. The van der Waals surface area contributed by atoms with Gasteiger partial charge in [0.15, 0.2) is 10.8 Å². The number of aliphatic carboxylic acids is 1. The van der Waals surface area contributed by atoms with Crippen molar-refractivity contribution in [1.82, 2.24) is 15.2 Å². The molecule has 0 aliphatic carbocycles. The summed E-state index contributed by atoms with van der Waals surface area (Å²) in [5, 5.41) is 21.5. The lowest BCUT2D eigenvalue weighted by Crippen LogP contribution is -2.71. The number of aromatic nitrogens is 2. The van der Waals surface area contributed by atoms with Crippen LogP contribution in [-0.2, 0) is 19.2 Å². The van der Waals surface area contributed by atoms with Gasteiger partial charge in [-0.1, -0.05) is 9.83 Å². The lowest BCUT2D eigenvalue weighted by molar-refractivity contribution is -0.687. The van der Waals surface area contributed by atoms with Crippen molar-refractivity contribution in [2.75, 3.05) is 43.5 Å². The third-order valence-electron chi connectivity index (χ3n) is 5.35. The Balaban J connectivity index is 1.46. The van der Waals surface area contributed by atoms with Crippen molar-refractivity contribution in [3.05, 3.63) is 46.9 Å². The number of nitrogens with one attached hydrogen (secondary N) is 1. The number of β-lactam (4-membered cyclic amide) rings is 1. The smallest absolute Gasteiger partial charge is 0.276 e. The van der Waals surface area contributed by atoms with Crippen molar-refractivity contribution < 1.29 is 29.0 Å². The zero-order valence-electron chi connectivity index (χ0n) is 19.5. The minimum absolute atomic E-state index is 0.135. The van der Waals surface area contributed by atoms with Crippen LogP contribution < -0.4 is 25.8 Å². The minimum Gasteiger partial charge on any atom is -0.543 e. The standard InChI is InChI=1S/C21H23N7O5S3/c1-26(2)27-6-4-12(5-7-27)34-8-11-9-35-19-15(18(30)28(19)16(11)20(31)32)24-17(29)14(25-33-3)13-10-36-21(22)23-13/h4-7,10,15,19H,8-9H2,1-3H3,(H3-,22,23,24,29,31,32)/b25-14-/t15-,19-/m1/s1. The number of hydrogen-bond donors (Lipinski definition) is 2. The largest absolute Gasteiger partial charge is 0.543 e. The number of pyridine rings is 1. The quantitative estimate of drug-likeness (QED) is 0.127. The van der Waals surface area contributed by atoms with Gasteiger partial charge in [-0.25, -0.2) is 4.98 Å². The number of fused-ring (bicyclic) bond motifs is 1. The maximum absolute atomic E-state index is 12.9. The van der Waals surface area contributed by atoms with E-state index < -0.39 is 29.2 Å². The monoisotopic (exact) mass is 549 g/mol. The molecule has 1 fully saturated rings. The molecule has 0 bridgehead atoms. The van der Waals surface area contributed by atoms with Crippen LogP contribution in [0, 0.1) is 0 Å². The fourth-order valence-corrected chi connectivity index (χ4v) is 6.54. The van der Waals surface area contributed by atoms with Crippen LogP contribution >= 0.6 is 34.9 Å². The average molecular weight is 550 g/mol. The minimum atomic E-state index is -1.42. The van der Waals surface area contributed by atoms with E-state index in [0.29, 0.717) is 17.1 Å². The van der Waals surface area contributed by atoms with Gasteiger partial charge < -0.3 is 25.8 Å². The highest BCUT2D eigenvalue weighted by Gasteiger charge is 2.53. The van der Waals surface area contributed by atoms with Crippen LogP contribution in [0.1, 0.15) is 5.69 Å². The number of oxime groups is 1. The normalized spacial score (nSPS) is 19.5. The van der Waals surface area contributed by atoms with Crippen LogP contribution in [0.5, 0.6) is 0 Å². The van der Waals surface area contributed by atoms with Gasteiger partial charge in [-0.3, -0.25) is 14.5 Å². The number of nitrogen functional groups attached to an aromatic ring is 1. The second-order valence-corrected chi connectivity index (χ2v) is 10.9. The molecule has 4 heterocycles. The molecule has 3 N–H and O–H groups in total. The van der Waals surface area contributed by atoms with E-state index in [1.54, 1.807) is 5.38 Å². The van der Waals surface area contributed by atoms with Gasteiger partial charge in [0, 0.05) is 33.9 Å². The highest BCUT2D eigenvalue weighted by atomic mass is 32.2. The molecule has 2 aliphatic rings. The molecule has 12 nitrogen and oxygen atoms in total. The SMILES string of the molecule is CO/N=C(\C(=O)N[C@@H]1C(=O)N2C(C(=O)[O-])=C(CSc3cc[n+](N(C)C)cc3)CS[C@H]12)c1csc(N)n1. The Bertz CT molecular complexity index is 1240. The number of carbonyl (C=O) groups is 3. The maximum Gasteiger partial charge on any atom is 0.276 e.